The summed E-state index contributed by atoms with van der Waals surface area (Å²) >= 11 is 0. The third-order valence-electron chi connectivity index (χ3n) is 4.51. The second-order valence-corrected chi connectivity index (χ2v) is 6.50. The van der Waals surface area contributed by atoms with Gasteiger partial charge in [-0.1, -0.05) is 50.3 Å². The van der Waals surface area contributed by atoms with Crippen LogP contribution in [0.1, 0.15) is 45.6 Å². The summed E-state index contributed by atoms with van der Waals surface area (Å²) in [5.74, 6) is 0. The number of hydrogen-bond acceptors (Lipinski definition) is 2. The number of aromatic nitrogens is 2. The molecule has 1 heterocycles. The van der Waals surface area contributed by atoms with Crippen LogP contribution in [-0.4, -0.2) is 9.55 Å². The molecule has 0 aliphatic carbocycles. The van der Waals surface area contributed by atoms with Gasteiger partial charge >= 0.3 is 0 Å². The Balaban J connectivity index is 2.21. The Hall–Kier alpha value is -2.55. The lowest BCUT2D eigenvalue weighted by atomic mass is 10.0. The normalized spacial score (nSPS) is 12.6. The molecule has 3 heteroatoms. The van der Waals surface area contributed by atoms with Crippen LogP contribution in [0.15, 0.2) is 66.6 Å². The van der Waals surface area contributed by atoms with Crippen molar-refractivity contribution >= 4 is 16.7 Å². The molecule has 0 bridgehead atoms. The highest BCUT2D eigenvalue weighted by Crippen LogP contribution is 2.21. The molecule has 2 N–H and O–H groups in total. The fourth-order valence-electron chi connectivity index (χ4n) is 2.77. The fourth-order valence-corrected chi connectivity index (χ4v) is 2.77. The summed E-state index contributed by atoms with van der Waals surface area (Å²) in [7, 11) is 0. The molecule has 0 fully saturated rings. The van der Waals surface area contributed by atoms with E-state index in [2.05, 4.69) is 61.7 Å². The molecule has 1 aromatic carbocycles. The van der Waals surface area contributed by atoms with E-state index in [4.69, 9.17) is 5.73 Å². The Morgan fingerprint density at radius 1 is 1.32 bits per heavy atom. The molecule has 1 aromatic heterocycles. The first-order valence-corrected chi connectivity index (χ1v) is 8.87. The molecular formula is C22H29N3. The summed E-state index contributed by atoms with van der Waals surface area (Å²) in [6.07, 6.45) is 9.72. The average Bonchev–Trinajstić information content (AvgIpc) is 3.00. The van der Waals surface area contributed by atoms with E-state index in [-0.39, 0.29) is 0 Å². The molecule has 0 unspecified atom stereocenters. The molecule has 0 aliphatic rings. The summed E-state index contributed by atoms with van der Waals surface area (Å²) in [5.41, 5.74) is 13.0. The topological polar surface area (TPSA) is 43.8 Å². The van der Waals surface area contributed by atoms with E-state index in [0.717, 1.165) is 29.6 Å². The number of imidazole rings is 1. The molecule has 25 heavy (non-hydrogen) atoms. The second kappa shape index (κ2) is 8.52. The zero-order valence-electron chi connectivity index (χ0n) is 15.7. The Labute approximate surface area is 151 Å². The largest absolute Gasteiger partial charge is 0.399 e. The van der Waals surface area contributed by atoms with Gasteiger partial charge in [0, 0.05) is 12.2 Å². The lowest BCUT2D eigenvalue weighted by Crippen LogP contribution is -1.99. The number of nitrogens with zero attached hydrogens (tertiary/aromatic N) is 2. The highest BCUT2D eigenvalue weighted by Gasteiger charge is 2.06. The van der Waals surface area contributed by atoms with Crippen LogP contribution in [0.5, 0.6) is 0 Å². The van der Waals surface area contributed by atoms with Crippen molar-refractivity contribution in [2.75, 3.05) is 0 Å². The summed E-state index contributed by atoms with van der Waals surface area (Å²) in [6, 6.07) is 6.03. The zero-order valence-corrected chi connectivity index (χ0v) is 15.7. The van der Waals surface area contributed by atoms with Crippen LogP contribution in [0.2, 0.25) is 0 Å². The van der Waals surface area contributed by atoms with Crippen molar-refractivity contribution in [3.63, 3.8) is 0 Å². The van der Waals surface area contributed by atoms with Crippen molar-refractivity contribution in [1.82, 2.24) is 9.55 Å². The van der Waals surface area contributed by atoms with E-state index < -0.39 is 0 Å². The molecule has 0 spiro atoms. The number of unbranched alkanes of at least 4 members (excludes halogenated alkanes) is 1. The minimum atomic E-state index is 0.565. The predicted octanol–water partition coefficient (Wildman–Crippen LogP) is 5.60. The molecule has 2 rings (SSSR count). The molecule has 0 atom stereocenters. The first kappa shape index (κ1) is 18.8. The van der Waals surface area contributed by atoms with Crippen molar-refractivity contribution in [3.8, 4) is 0 Å². The van der Waals surface area contributed by atoms with Crippen LogP contribution in [0.3, 0.4) is 0 Å². The van der Waals surface area contributed by atoms with Gasteiger partial charge < -0.3 is 10.3 Å². The summed E-state index contributed by atoms with van der Waals surface area (Å²) in [4.78, 5) is 4.50. The maximum atomic E-state index is 5.78. The SMILES string of the molecule is C=C(CCCC)/C(C)=C\C(=C/C)Cn1cnc2cc(C(=C)N)ccc21. The summed E-state index contributed by atoms with van der Waals surface area (Å²) in [5, 5.41) is 0. The van der Waals surface area contributed by atoms with Gasteiger partial charge in [0.25, 0.3) is 0 Å². The smallest absolute Gasteiger partial charge is 0.0961 e. The number of nitrogens with two attached hydrogens (primary N) is 1. The van der Waals surface area contributed by atoms with Crippen LogP contribution in [0, 0.1) is 0 Å². The molecule has 0 radical (unpaired) electrons. The maximum Gasteiger partial charge on any atom is 0.0961 e. The van der Waals surface area contributed by atoms with Gasteiger partial charge in [-0.3, -0.25) is 0 Å². The van der Waals surface area contributed by atoms with Crippen LogP contribution in [-0.2, 0) is 6.54 Å². The second-order valence-electron chi connectivity index (χ2n) is 6.50. The molecule has 0 aliphatic heterocycles. The number of hydrogen-bond donors (Lipinski definition) is 1. The minimum absolute atomic E-state index is 0.565. The summed E-state index contributed by atoms with van der Waals surface area (Å²) < 4.78 is 2.16. The fraction of sp³-hybridized carbons (Fsp3) is 0.318. The number of fused-ring (bicyclic) bond motifs is 1. The predicted molar refractivity (Wildman–Crippen MR) is 109 cm³/mol. The quantitative estimate of drug-likeness (QED) is 0.638. The van der Waals surface area contributed by atoms with Crippen molar-refractivity contribution in [2.45, 2.75) is 46.6 Å². The molecule has 0 amide bonds. The molecular weight excluding hydrogens is 306 g/mol. The van der Waals surface area contributed by atoms with Crippen LogP contribution < -0.4 is 5.73 Å². The standard InChI is InChI=1S/C22H29N3/c1-6-8-9-16(3)17(4)12-19(7-2)14-25-15-24-21-13-20(18(5)23)10-11-22(21)25/h7,10-13,15H,3,5-6,8-9,14,23H2,1-2,4H3/b17-12-,19-7+. The van der Waals surface area contributed by atoms with E-state index in [1.54, 1.807) is 0 Å². The number of rotatable bonds is 8. The first-order valence-electron chi connectivity index (χ1n) is 8.87. The van der Waals surface area contributed by atoms with Gasteiger partial charge in [0.1, 0.15) is 0 Å². The Morgan fingerprint density at radius 3 is 2.72 bits per heavy atom. The van der Waals surface area contributed by atoms with E-state index >= 15 is 0 Å². The maximum absolute atomic E-state index is 5.78. The van der Waals surface area contributed by atoms with Crippen molar-refractivity contribution in [2.24, 2.45) is 5.73 Å². The molecule has 0 saturated heterocycles. The van der Waals surface area contributed by atoms with Gasteiger partial charge in [0.05, 0.1) is 17.4 Å². The molecule has 2 aromatic rings. The van der Waals surface area contributed by atoms with Crippen molar-refractivity contribution in [3.05, 3.63) is 72.1 Å². The monoisotopic (exact) mass is 335 g/mol. The minimum Gasteiger partial charge on any atom is -0.399 e. The van der Waals surface area contributed by atoms with Crippen LogP contribution >= 0.6 is 0 Å². The number of allylic oxidation sites excluding steroid dienone is 5. The third-order valence-corrected chi connectivity index (χ3v) is 4.51. The first-order chi connectivity index (χ1) is 12.0. The van der Waals surface area contributed by atoms with E-state index in [0.29, 0.717) is 5.70 Å². The highest BCUT2D eigenvalue weighted by molar-refractivity contribution is 5.80. The Kier molecular flexibility index (Phi) is 6.40. The lowest BCUT2D eigenvalue weighted by Gasteiger charge is -2.10. The molecule has 132 valence electrons. The molecule has 0 saturated carbocycles. The highest BCUT2D eigenvalue weighted by atomic mass is 15.0. The number of benzene rings is 1. The van der Waals surface area contributed by atoms with Gasteiger partial charge in [0.2, 0.25) is 0 Å². The molecule has 3 nitrogen and oxygen atoms in total. The van der Waals surface area contributed by atoms with Gasteiger partial charge in [-0.05, 0) is 55.5 Å². The van der Waals surface area contributed by atoms with E-state index in [1.807, 2.05) is 18.5 Å². The van der Waals surface area contributed by atoms with E-state index in [1.165, 1.54) is 29.6 Å². The van der Waals surface area contributed by atoms with Crippen LogP contribution in [0.25, 0.3) is 16.7 Å². The third kappa shape index (κ3) is 4.72. The van der Waals surface area contributed by atoms with Gasteiger partial charge in [-0.2, -0.15) is 0 Å². The van der Waals surface area contributed by atoms with Crippen LogP contribution in [0.4, 0.5) is 0 Å². The summed E-state index contributed by atoms with van der Waals surface area (Å²) in [6.45, 7) is 15.2. The van der Waals surface area contributed by atoms with Gasteiger partial charge in [0.15, 0.2) is 0 Å². The van der Waals surface area contributed by atoms with Crippen molar-refractivity contribution in [1.29, 1.82) is 0 Å². The van der Waals surface area contributed by atoms with Gasteiger partial charge in [-0.15, -0.1) is 0 Å². The lowest BCUT2D eigenvalue weighted by molar-refractivity contribution is 0.790. The van der Waals surface area contributed by atoms with Crippen molar-refractivity contribution < 1.29 is 0 Å². The average molecular weight is 335 g/mol. The van der Waals surface area contributed by atoms with Gasteiger partial charge in [-0.25, -0.2) is 4.98 Å². The van der Waals surface area contributed by atoms with E-state index in [9.17, 15) is 0 Å². The Morgan fingerprint density at radius 2 is 2.08 bits per heavy atom. The Bertz CT molecular complexity index is 834. The zero-order chi connectivity index (χ0) is 18.4.